The third kappa shape index (κ3) is 7.36. The number of benzene rings is 2. The van der Waals surface area contributed by atoms with Gasteiger partial charge >= 0.3 is 0 Å². The fourth-order valence-electron chi connectivity index (χ4n) is 3.83. The van der Waals surface area contributed by atoms with Crippen molar-refractivity contribution < 1.29 is 17.9 Å². The average molecular weight is 445 g/mol. The van der Waals surface area contributed by atoms with Crippen LogP contribution in [-0.4, -0.2) is 50.6 Å². The topological polar surface area (TPSA) is 75.7 Å². The number of nitrogens with zero attached hydrogens (tertiary/aromatic N) is 1. The van der Waals surface area contributed by atoms with Gasteiger partial charge in [-0.2, -0.15) is 0 Å². The third-order valence-electron chi connectivity index (χ3n) is 5.52. The number of nitrogens with one attached hydrogen (secondary N) is 1. The first-order chi connectivity index (χ1) is 14.9. The molecule has 168 valence electrons. The highest BCUT2D eigenvalue weighted by atomic mass is 32.2. The minimum atomic E-state index is -3.36. The second-order valence-corrected chi connectivity index (χ2v) is 10.1. The van der Waals surface area contributed by atoms with Gasteiger partial charge in [0.15, 0.2) is 0 Å². The van der Waals surface area contributed by atoms with Crippen LogP contribution in [0.2, 0.25) is 0 Å². The smallest absolute Gasteiger partial charge is 0.224 e. The first kappa shape index (κ1) is 23.3. The molecule has 1 unspecified atom stereocenters. The summed E-state index contributed by atoms with van der Waals surface area (Å²) in [5, 5.41) is 2.89. The second-order valence-electron chi connectivity index (χ2n) is 8.06. The van der Waals surface area contributed by atoms with Crippen molar-refractivity contribution in [3.05, 3.63) is 65.7 Å². The Balaban J connectivity index is 1.41. The van der Waals surface area contributed by atoms with Crippen molar-refractivity contribution in [2.24, 2.45) is 5.92 Å². The highest BCUT2D eigenvalue weighted by molar-refractivity contribution is 7.89. The summed E-state index contributed by atoms with van der Waals surface area (Å²) in [4.78, 5) is 12.5. The largest absolute Gasteiger partial charge is 0.492 e. The lowest BCUT2D eigenvalue weighted by atomic mass is 9.99. The molecule has 2 aromatic carbocycles. The van der Waals surface area contributed by atoms with Gasteiger partial charge in [0, 0.05) is 13.1 Å². The molecule has 3 rings (SSSR count). The van der Waals surface area contributed by atoms with Crippen LogP contribution in [0.25, 0.3) is 0 Å². The van der Waals surface area contributed by atoms with Gasteiger partial charge in [0.25, 0.3) is 0 Å². The Kier molecular flexibility index (Phi) is 8.49. The van der Waals surface area contributed by atoms with Gasteiger partial charge in [0.1, 0.15) is 12.4 Å². The summed E-state index contributed by atoms with van der Waals surface area (Å²) in [6, 6.07) is 17.7. The van der Waals surface area contributed by atoms with Crippen LogP contribution in [0.3, 0.4) is 0 Å². The molecular weight excluding hydrogens is 412 g/mol. The maximum Gasteiger partial charge on any atom is 0.224 e. The summed E-state index contributed by atoms with van der Waals surface area (Å²) in [6.07, 6.45) is 2.73. The summed E-state index contributed by atoms with van der Waals surface area (Å²) < 4.78 is 32.7. The number of piperidine rings is 1. The van der Waals surface area contributed by atoms with Crippen LogP contribution in [-0.2, 0) is 21.2 Å². The number of ether oxygens (including phenoxy) is 1. The third-order valence-corrected chi connectivity index (χ3v) is 7.44. The number of amides is 1. The predicted molar refractivity (Wildman–Crippen MR) is 123 cm³/mol. The van der Waals surface area contributed by atoms with E-state index >= 15 is 0 Å². The van der Waals surface area contributed by atoms with Crippen molar-refractivity contribution >= 4 is 15.9 Å². The van der Waals surface area contributed by atoms with Crippen LogP contribution < -0.4 is 10.1 Å². The van der Waals surface area contributed by atoms with Crippen molar-refractivity contribution in [1.82, 2.24) is 9.62 Å². The molecule has 0 saturated carbocycles. The van der Waals surface area contributed by atoms with Gasteiger partial charge in [-0.3, -0.25) is 4.79 Å². The van der Waals surface area contributed by atoms with Crippen molar-refractivity contribution in [3.63, 3.8) is 0 Å². The van der Waals surface area contributed by atoms with Gasteiger partial charge in [-0.05, 0) is 55.9 Å². The van der Waals surface area contributed by atoms with Gasteiger partial charge in [-0.25, -0.2) is 12.7 Å². The molecule has 0 bridgehead atoms. The van der Waals surface area contributed by atoms with Crippen LogP contribution in [0.4, 0.5) is 0 Å². The van der Waals surface area contributed by atoms with E-state index in [2.05, 4.69) is 5.32 Å². The van der Waals surface area contributed by atoms with E-state index in [9.17, 15) is 13.2 Å². The number of rotatable bonds is 10. The zero-order valence-corrected chi connectivity index (χ0v) is 18.9. The van der Waals surface area contributed by atoms with Crippen LogP contribution in [0.1, 0.15) is 30.4 Å². The highest BCUT2D eigenvalue weighted by Crippen LogP contribution is 2.20. The first-order valence-corrected chi connectivity index (χ1v) is 12.5. The molecule has 1 fully saturated rings. The Morgan fingerprint density at radius 2 is 1.97 bits per heavy atom. The number of hydrogen-bond acceptors (Lipinski definition) is 4. The monoisotopic (exact) mass is 444 g/mol. The Hall–Kier alpha value is -2.38. The molecule has 0 aliphatic carbocycles. The van der Waals surface area contributed by atoms with Gasteiger partial charge < -0.3 is 10.1 Å². The van der Waals surface area contributed by atoms with E-state index in [-0.39, 0.29) is 24.1 Å². The molecule has 1 N–H and O–H groups in total. The van der Waals surface area contributed by atoms with Crippen molar-refractivity contribution in [3.8, 4) is 5.75 Å². The van der Waals surface area contributed by atoms with Crippen molar-refractivity contribution in [2.75, 3.05) is 32.0 Å². The van der Waals surface area contributed by atoms with Gasteiger partial charge in [0.05, 0.1) is 18.2 Å². The number of carbonyl (C=O) groups excluding carboxylic acids is 1. The standard InChI is InChI=1S/C24H32N2O4S/c1-20-8-5-13-23(18-20)30-16-14-25-24(27)22-12-6-15-26(19-22)31(28,29)17-7-11-21-9-3-2-4-10-21/h2-5,8-10,13,18,22H,6-7,11-12,14-17,19H2,1H3,(H,25,27). The van der Waals surface area contributed by atoms with Crippen molar-refractivity contribution in [1.29, 1.82) is 0 Å². The fourth-order valence-corrected chi connectivity index (χ4v) is 5.42. The van der Waals surface area contributed by atoms with Gasteiger partial charge in [-0.15, -0.1) is 0 Å². The van der Waals surface area contributed by atoms with Crippen LogP contribution in [0.15, 0.2) is 54.6 Å². The average Bonchev–Trinajstić information content (AvgIpc) is 2.77. The van der Waals surface area contributed by atoms with E-state index in [1.807, 2.05) is 61.5 Å². The number of aryl methyl sites for hydroxylation is 2. The molecule has 1 amide bonds. The van der Waals surface area contributed by atoms with Crippen LogP contribution >= 0.6 is 0 Å². The first-order valence-electron chi connectivity index (χ1n) is 10.9. The second kappa shape index (κ2) is 11.3. The minimum absolute atomic E-state index is 0.1000. The maximum atomic E-state index is 12.8. The zero-order valence-electron chi connectivity index (χ0n) is 18.1. The van der Waals surface area contributed by atoms with Crippen LogP contribution in [0, 0.1) is 12.8 Å². The summed E-state index contributed by atoms with van der Waals surface area (Å²) in [5.41, 5.74) is 2.26. The molecule has 2 aromatic rings. The Morgan fingerprint density at radius 1 is 1.16 bits per heavy atom. The molecule has 1 aliphatic rings. The maximum absolute atomic E-state index is 12.8. The van der Waals surface area contributed by atoms with E-state index < -0.39 is 10.0 Å². The lowest BCUT2D eigenvalue weighted by Gasteiger charge is -2.31. The predicted octanol–water partition coefficient (Wildman–Crippen LogP) is 3.16. The molecule has 0 spiro atoms. The zero-order chi connectivity index (χ0) is 22.1. The molecule has 0 radical (unpaired) electrons. The molecule has 1 saturated heterocycles. The van der Waals surface area contributed by atoms with E-state index in [1.54, 1.807) is 0 Å². The normalized spacial score (nSPS) is 17.3. The molecule has 31 heavy (non-hydrogen) atoms. The Morgan fingerprint density at radius 3 is 2.74 bits per heavy atom. The Labute approximate surface area is 185 Å². The van der Waals surface area contributed by atoms with Crippen molar-refractivity contribution in [2.45, 2.75) is 32.6 Å². The lowest BCUT2D eigenvalue weighted by molar-refractivity contribution is -0.126. The van der Waals surface area contributed by atoms with Gasteiger partial charge in [0.2, 0.25) is 15.9 Å². The summed E-state index contributed by atoms with van der Waals surface area (Å²) in [6.45, 7) is 3.53. The molecule has 0 aromatic heterocycles. The molecular formula is C24H32N2O4S. The Bertz CT molecular complexity index is 947. The number of sulfonamides is 1. The van der Waals surface area contributed by atoms with Crippen LogP contribution in [0.5, 0.6) is 5.75 Å². The highest BCUT2D eigenvalue weighted by Gasteiger charge is 2.31. The quantitative estimate of drug-likeness (QED) is 0.571. The van der Waals surface area contributed by atoms with E-state index in [0.717, 1.165) is 23.3 Å². The molecule has 1 heterocycles. The summed E-state index contributed by atoms with van der Waals surface area (Å²) in [7, 11) is -3.36. The number of carbonyl (C=O) groups is 1. The number of hydrogen-bond donors (Lipinski definition) is 1. The summed E-state index contributed by atoms with van der Waals surface area (Å²) in [5.74, 6) is 0.480. The fraction of sp³-hybridized carbons (Fsp3) is 0.458. The molecule has 7 heteroatoms. The molecule has 1 aliphatic heterocycles. The van der Waals surface area contributed by atoms with E-state index in [0.29, 0.717) is 39.0 Å². The summed E-state index contributed by atoms with van der Waals surface area (Å²) >= 11 is 0. The lowest BCUT2D eigenvalue weighted by Crippen LogP contribution is -2.46. The molecule has 6 nitrogen and oxygen atoms in total. The van der Waals surface area contributed by atoms with E-state index in [4.69, 9.17) is 4.74 Å². The molecule has 1 atom stereocenters. The van der Waals surface area contributed by atoms with Gasteiger partial charge in [-0.1, -0.05) is 42.5 Å². The van der Waals surface area contributed by atoms with E-state index in [1.165, 1.54) is 4.31 Å². The minimum Gasteiger partial charge on any atom is -0.492 e. The SMILES string of the molecule is Cc1cccc(OCCNC(=O)C2CCCN(S(=O)(=O)CCCc3ccccc3)C2)c1.